The summed E-state index contributed by atoms with van der Waals surface area (Å²) in [6, 6.07) is 6.76. The van der Waals surface area contributed by atoms with E-state index in [1.807, 2.05) is 11.8 Å². The van der Waals surface area contributed by atoms with Crippen molar-refractivity contribution in [2.24, 2.45) is 0 Å². The summed E-state index contributed by atoms with van der Waals surface area (Å²) < 4.78 is 27.2. The number of aryl methyl sites for hydroxylation is 1. The molecule has 6 nitrogen and oxygen atoms in total. The molecule has 128 valence electrons. The Morgan fingerprint density at radius 1 is 1.29 bits per heavy atom. The Morgan fingerprint density at radius 2 is 2.04 bits per heavy atom. The van der Waals surface area contributed by atoms with Gasteiger partial charge in [-0.25, -0.2) is 13.4 Å². The molecule has 0 unspecified atom stereocenters. The van der Waals surface area contributed by atoms with E-state index in [1.54, 1.807) is 29.6 Å². The number of hydrogen-bond donors (Lipinski definition) is 1. The van der Waals surface area contributed by atoms with Gasteiger partial charge in [-0.1, -0.05) is 12.1 Å². The Morgan fingerprint density at radius 3 is 2.62 bits per heavy atom. The van der Waals surface area contributed by atoms with Crippen molar-refractivity contribution >= 4 is 32.4 Å². The molecule has 0 atom stereocenters. The summed E-state index contributed by atoms with van der Waals surface area (Å²) in [5.41, 5.74) is 1.79. The van der Waals surface area contributed by atoms with Gasteiger partial charge in [0.2, 0.25) is 5.91 Å². The molecule has 1 aromatic heterocycles. The maximum atomic E-state index is 12.3. The maximum Gasteiger partial charge on any atom is 0.263 e. The quantitative estimate of drug-likeness (QED) is 0.853. The first kappa shape index (κ1) is 16.9. The van der Waals surface area contributed by atoms with E-state index in [0.29, 0.717) is 18.1 Å². The van der Waals surface area contributed by atoms with Gasteiger partial charge < -0.3 is 4.90 Å². The summed E-state index contributed by atoms with van der Waals surface area (Å²) in [5.74, 6) is 0.206. The van der Waals surface area contributed by atoms with Crippen molar-refractivity contribution in [2.45, 2.75) is 31.1 Å². The third kappa shape index (κ3) is 3.93. The second kappa shape index (κ2) is 6.90. The first-order valence-corrected chi connectivity index (χ1v) is 10.1. The molecular formula is C16H19N3O3S2. The van der Waals surface area contributed by atoms with Crippen LogP contribution in [0.15, 0.2) is 34.5 Å². The van der Waals surface area contributed by atoms with Gasteiger partial charge in [0, 0.05) is 24.9 Å². The number of rotatable bonds is 6. The summed E-state index contributed by atoms with van der Waals surface area (Å²) in [7, 11) is -3.62. The SMILES string of the molecule is Cc1csc(NS(=O)(=O)c2ccc(CCN3CCCC3=O)cc2)n1. The van der Waals surface area contributed by atoms with Gasteiger partial charge in [0.05, 0.1) is 10.6 Å². The predicted octanol–water partition coefficient (Wildman–Crippen LogP) is 2.42. The molecule has 0 bridgehead atoms. The Bertz CT molecular complexity index is 829. The van der Waals surface area contributed by atoms with Crippen LogP contribution in [0.1, 0.15) is 24.1 Å². The molecule has 8 heteroatoms. The van der Waals surface area contributed by atoms with E-state index in [1.165, 1.54) is 11.3 Å². The molecule has 0 spiro atoms. The Labute approximate surface area is 145 Å². The summed E-state index contributed by atoms with van der Waals surface area (Å²) in [4.78, 5) is 17.8. The highest BCUT2D eigenvalue weighted by Crippen LogP contribution is 2.20. The number of aromatic nitrogens is 1. The van der Waals surface area contributed by atoms with Crippen LogP contribution < -0.4 is 4.72 Å². The number of carbonyl (C=O) groups excluding carboxylic acids is 1. The fourth-order valence-corrected chi connectivity index (χ4v) is 4.56. The van der Waals surface area contributed by atoms with Gasteiger partial charge in [-0.3, -0.25) is 9.52 Å². The highest BCUT2D eigenvalue weighted by atomic mass is 32.2. The van der Waals surface area contributed by atoms with Crippen molar-refractivity contribution in [3.05, 3.63) is 40.9 Å². The molecule has 1 fully saturated rings. The molecule has 2 aromatic rings. The minimum absolute atomic E-state index is 0.205. The van der Waals surface area contributed by atoms with Gasteiger partial charge in [-0.15, -0.1) is 11.3 Å². The Hall–Kier alpha value is -1.93. The van der Waals surface area contributed by atoms with Crippen LogP contribution >= 0.6 is 11.3 Å². The van der Waals surface area contributed by atoms with Crippen LogP contribution in [0.3, 0.4) is 0 Å². The van der Waals surface area contributed by atoms with Gasteiger partial charge in [0.15, 0.2) is 5.13 Å². The highest BCUT2D eigenvalue weighted by molar-refractivity contribution is 7.93. The van der Waals surface area contributed by atoms with Gasteiger partial charge in [-0.2, -0.15) is 0 Å². The maximum absolute atomic E-state index is 12.3. The molecule has 1 saturated heterocycles. The summed E-state index contributed by atoms with van der Waals surface area (Å²) in [5, 5.41) is 2.16. The minimum atomic E-state index is -3.62. The van der Waals surface area contributed by atoms with E-state index in [4.69, 9.17) is 0 Å². The van der Waals surface area contributed by atoms with Crippen molar-refractivity contribution in [3.63, 3.8) is 0 Å². The van der Waals surface area contributed by atoms with Gasteiger partial charge >= 0.3 is 0 Å². The lowest BCUT2D eigenvalue weighted by atomic mass is 10.1. The van der Waals surface area contributed by atoms with Crippen LogP contribution in [0.4, 0.5) is 5.13 Å². The monoisotopic (exact) mass is 365 g/mol. The molecule has 1 amide bonds. The molecule has 2 heterocycles. The lowest BCUT2D eigenvalue weighted by molar-refractivity contribution is -0.127. The fraction of sp³-hybridized carbons (Fsp3) is 0.375. The molecular weight excluding hydrogens is 346 g/mol. The van der Waals surface area contributed by atoms with Crippen LogP contribution in [0.5, 0.6) is 0 Å². The van der Waals surface area contributed by atoms with E-state index in [9.17, 15) is 13.2 Å². The van der Waals surface area contributed by atoms with Crippen molar-refractivity contribution in [1.29, 1.82) is 0 Å². The fourth-order valence-electron chi connectivity index (χ4n) is 2.61. The van der Waals surface area contributed by atoms with Crippen molar-refractivity contribution in [2.75, 3.05) is 17.8 Å². The van der Waals surface area contributed by atoms with Crippen LogP contribution in [0.2, 0.25) is 0 Å². The van der Waals surface area contributed by atoms with Crippen LogP contribution in [-0.2, 0) is 21.2 Å². The third-order valence-corrected chi connectivity index (χ3v) is 6.28. The molecule has 1 N–H and O–H groups in total. The van der Waals surface area contributed by atoms with Gasteiger partial charge in [-0.05, 0) is 37.5 Å². The zero-order valence-corrected chi connectivity index (χ0v) is 15.0. The van der Waals surface area contributed by atoms with Crippen molar-refractivity contribution in [1.82, 2.24) is 9.88 Å². The molecule has 24 heavy (non-hydrogen) atoms. The number of amides is 1. The molecule has 0 aliphatic carbocycles. The van der Waals surface area contributed by atoms with Crippen molar-refractivity contribution in [3.8, 4) is 0 Å². The van der Waals surface area contributed by atoms with Gasteiger partial charge in [0.25, 0.3) is 10.0 Å². The second-order valence-electron chi connectivity index (χ2n) is 5.78. The first-order valence-electron chi connectivity index (χ1n) is 7.76. The number of sulfonamides is 1. The van der Waals surface area contributed by atoms with E-state index in [0.717, 1.165) is 30.6 Å². The normalized spacial score (nSPS) is 15.0. The van der Waals surface area contributed by atoms with Gasteiger partial charge in [0.1, 0.15) is 0 Å². The van der Waals surface area contributed by atoms with Crippen molar-refractivity contribution < 1.29 is 13.2 Å². The van der Waals surface area contributed by atoms with E-state index in [-0.39, 0.29) is 10.8 Å². The number of nitrogens with one attached hydrogen (secondary N) is 1. The standard InChI is InChI=1S/C16H19N3O3S2/c1-12-11-23-16(17-12)18-24(21,22)14-6-4-13(5-7-14)8-10-19-9-2-3-15(19)20/h4-7,11H,2-3,8-10H2,1H3,(H,17,18). The summed E-state index contributed by atoms with van der Waals surface area (Å²) in [6.07, 6.45) is 2.29. The van der Waals surface area contributed by atoms with E-state index < -0.39 is 10.0 Å². The number of hydrogen-bond acceptors (Lipinski definition) is 5. The molecule has 0 radical (unpaired) electrons. The molecule has 0 saturated carbocycles. The number of anilines is 1. The third-order valence-electron chi connectivity index (χ3n) is 3.92. The number of nitrogens with zero attached hydrogens (tertiary/aromatic N) is 2. The topological polar surface area (TPSA) is 79.4 Å². The van der Waals surface area contributed by atoms with Crippen LogP contribution in [-0.4, -0.2) is 37.3 Å². The average molecular weight is 365 g/mol. The van der Waals surface area contributed by atoms with Crippen LogP contribution in [0, 0.1) is 6.92 Å². The average Bonchev–Trinajstić information content (AvgIpc) is 3.13. The smallest absolute Gasteiger partial charge is 0.263 e. The molecule has 3 rings (SSSR count). The molecule has 1 aromatic carbocycles. The predicted molar refractivity (Wildman–Crippen MR) is 93.6 cm³/mol. The Kier molecular flexibility index (Phi) is 4.86. The largest absolute Gasteiger partial charge is 0.342 e. The lowest BCUT2D eigenvalue weighted by Gasteiger charge is -2.15. The number of thiazole rings is 1. The zero-order chi connectivity index (χ0) is 17.2. The number of likely N-dealkylation sites (tertiary alicyclic amines) is 1. The number of benzene rings is 1. The summed E-state index contributed by atoms with van der Waals surface area (Å²) in [6.45, 7) is 3.32. The molecule has 1 aliphatic heterocycles. The zero-order valence-electron chi connectivity index (χ0n) is 13.4. The summed E-state index contributed by atoms with van der Waals surface area (Å²) >= 11 is 1.26. The highest BCUT2D eigenvalue weighted by Gasteiger charge is 2.20. The minimum Gasteiger partial charge on any atom is -0.342 e. The first-order chi connectivity index (χ1) is 11.4. The Balaban J connectivity index is 1.63. The van der Waals surface area contributed by atoms with Crippen LogP contribution in [0.25, 0.3) is 0 Å². The molecule has 1 aliphatic rings. The number of carbonyl (C=O) groups is 1. The van der Waals surface area contributed by atoms with E-state index >= 15 is 0 Å². The second-order valence-corrected chi connectivity index (χ2v) is 8.32. The lowest BCUT2D eigenvalue weighted by Crippen LogP contribution is -2.26. The van der Waals surface area contributed by atoms with E-state index in [2.05, 4.69) is 9.71 Å².